The molecule has 1 aliphatic rings. The summed E-state index contributed by atoms with van der Waals surface area (Å²) in [5.74, 6) is -0.734. The van der Waals surface area contributed by atoms with Gasteiger partial charge in [-0.3, -0.25) is 14.7 Å². The van der Waals surface area contributed by atoms with Gasteiger partial charge in [-0.15, -0.1) is 0 Å². The number of halogens is 1. The van der Waals surface area contributed by atoms with Crippen LogP contribution in [0.2, 0.25) is 0 Å². The molecule has 1 aliphatic carbocycles. The first-order valence-electron chi connectivity index (χ1n) is 12.6. The third kappa shape index (κ3) is 8.37. The van der Waals surface area contributed by atoms with Crippen molar-refractivity contribution in [1.29, 1.82) is 5.26 Å². The topological polar surface area (TPSA) is 167 Å². The van der Waals surface area contributed by atoms with Crippen LogP contribution in [0.5, 0.6) is 11.5 Å². The molecular formula is C28H31FN5O5P. The summed E-state index contributed by atoms with van der Waals surface area (Å²) in [6.45, 7) is 3.65. The summed E-state index contributed by atoms with van der Waals surface area (Å²) in [6.07, 6.45) is 2.40. The molecule has 1 saturated carbocycles. The van der Waals surface area contributed by atoms with Gasteiger partial charge in [0.2, 0.25) is 7.37 Å². The first kappa shape index (κ1) is 30.3. The number of phenols is 1. The summed E-state index contributed by atoms with van der Waals surface area (Å²) in [5.41, 5.74) is 5.83. The van der Waals surface area contributed by atoms with E-state index in [9.17, 15) is 23.7 Å². The molecule has 10 nitrogen and oxygen atoms in total. The zero-order valence-electron chi connectivity index (χ0n) is 22.1. The van der Waals surface area contributed by atoms with Crippen LogP contribution in [0.15, 0.2) is 60.8 Å². The highest BCUT2D eigenvalue weighted by Gasteiger charge is 2.43. The molecule has 3 aromatic rings. The maximum Gasteiger partial charge on any atom is 0.320 e. The van der Waals surface area contributed by atoms with Crippen molar-refractivity contribution in [3.8, 4) is 17.6 Å². The Morgan fingerprint density at radius 2 is 1.95 bits per heavy atom. The van der Waals surface area contributed by atoms with Crippen LogP contribution >= 0.6 is 7.37 Å². The quantitative estimate of drug-likeness (QED) is 0.207. The Bertz CT molecular complexity index is 1430. The van der Waals surface area contributed by atoms with Gasteiger partial charge in [0, 0.05) is 49.5 Å². The molecule has 0 aliphatic heterocycles. The third-order valence-electron chi connectivity index (χ3n) is 5.97. The molecule has 40 heavy (non-hydrogen) atoms. The molecule has 0 saturated heterocycles. The Morgan fingerprint density at radius 1 is 1.23 bits per heavy atom. The molecule has 2 aromatic carbocycles. The normalized spacial score (nSPS) is 16.8. The molecule has 2 amide bonds. The summed E-state index contributed by atoms with van der Waals surface area (Å²) in [6, 6.07) is 15.6. The molecule has 1 aromatic heterocycles. The fourth-order valence-electron chi connectivity index (χ4n) is 3.86. The Hall–Kier alpha value is -4.26. The molecule has 1 heterocycles. The van der Waals surface area contributed by atoms with Gasteiger partial charge in [0.1, 0.15) is 29.2 Å². The molecule has 0 spiro atoms. The molecule has 0 bridgehead atoms. The van der Waals surface area contributed by atoms with Gasteiger partial charge in [-0.1, -0.05) is 25.1 Å². The molecule has 4 rings (SSSR count). The second-order valence-electron chi connectivity index (χ2n) is 9.16. The number of aromatic hydroxyl groups is 1. The number of nitriles is 1. The van der Waals surface area contributed by atoms with E-state index in [0.717, 1.165) is 6.07 Å². The van der Waals surface area contributed by atoms with E-state index in [4.69, 9.17) is 15.5 Å². The highest BCUT2D eigenvalue weighted by atomic mass is 31.2. The lowest BCUT2D eigenvalue weighted by atomic mass is 10.00. The number of hydrogen-bond acceptors (Lipinski definition) is 8. The monoisotopic (exact) mass is 567 g/mol. The van der Waals surface area contributed by atoms with Gasteiger partial charge in [0.05, 0.1) is 11.1 Å². The van der Waals surface area contributed by atoms with Crippen LogP contribution in [0.4, 0.5) is 15.0 Å². The Balaban J connectivity index is 0.000000285. The lowest BCUT2D eigenvalue weighted by Crippen LogP contribution is -2.31. The lowest BCUT2D eigenvalue weighted by molar-refractivity contribution is 0.0985. The minimum absolute atomic E-state index is 0.0519. The smallest absolute Gasteiger partial charge is 0.320 e. The fourth-order valence-corrected chi connectivity index (χ4v) is 4.99. The highest BCUT2D eigenvalue weighted by molar-refractivity contribution is 7.58. The van der Waals surface area contributed by atoms with Crippen LogP contribution in [0, 0.1) is 17.1 Å². The minimum atomic E-state index is -2.54. The maximum atomic E-state index is 14.2. The average Bonchev–Trinajstić information content (AvgIpc) is 3.67. The number of carbonyl (C=O) groups is 2. The number of benzene rings is 2. The van der Waals surface area contributed by atoms with E-state index in [0.29, 0.717) is 30.4 Å². The number of Topliss-reactive ketones (excluding diaryl/α,β-unsaturated/α-hetero) is 1. The summed E-state index contributed by atoms with van der Waals surface area (Å²) < 4.78 is 31.2. The van der Waals surface area contributed by atoms with Gasteiger partial charge in [-0.05, 0) is 42.8 Å². The van der Waals surface area contributed by atoms with Gasteiger partial charge in [0.15, 0.2) is 5.78 Å². The SMILES string of the molecule is CCC(=O)c1ccc(F)c([C@@H]2C[C@@H]2NC(=O)Nc2ccc(C#N)cn2)c1O.CP(=O)(CCN)Oc1ccccc1. The van der Waals surface area contributed by atoms with Crippen LogP contribution < -0.4 is 20.9 Å². The van der Waals surface area contributed by atoms with E-state index in [2.05, 4.69) is 15.6 Å². The number of aromatic nitrogens is 1. The summed E-state index contributed by atoms with van der Waals surface area (Å²) in [5, 5.41) is 24.2. The molecule has 210 valence electrons. The van der Waals surface area contributed by atoms with Crippen molar-refractivity contribution in [2.45, 2.75) is 31.7 Å². The fraction of sp³-hybridized carbons (Fsp3) is 0.286. The maximum absolute atomic E-state index is 14.2. The number of amides is 2. The summed E-state index contributed by atoms with van der Waals surface area (Å²) in [7, 11) is -2.54. The minimum Gasteiger partial charge on any atom is -0.507 e. The predicted octanol–water partition coefficient (Wildman–Crippen LogP) is 5.00. The number of nitrogens with two attached hydrogens (primary N) is 1. The molecule has 5 N–H and O–H groups in total. The van der Waals surface area contributed by atoms with Crippen LogP contribution in [-0.2, 0) is 4.57 Å². The van der Waals surface area contributed by atoms with Crippen molar-refractivity contribution in [1.82, 2.24) is 10.3 Å². The van der Waals surface area contributed by atoms with Crippen molar-refractivity contribution in [3.63, 3.8) is 0 Å². The number of phenolic OH excluding ortho intramolecular Hbond substituents is 1. The molecule has 0 radical (unpaired) electrons. The van der Waals surface area contributed by atoms with Crippen molar-refractivity contribution >= 4 is 25.0 Å². The average molecular weight is 568 g/mol. The molecule has 12 heteroatoms. The van der Waals surface area contributed by atoms with E-state index >= 15 is 0 Å². The van der Waals surface area contributed by atoms with Crippen LogP contribution in [0.1, 0.15) is 47.2 Å². The second-order valence-corrected chi connectivity index (χ2v) is 11.8. The Morgan fingerprint density at radius 3 is 2.55 bits per heavy atom. The number of para-hydroxylation sites is 1. The van der Waals surface area contributed by atoms with Crippen LogP contribution in [-0.4, -0.2) is 47.3 Å². The predicted molar refractivity (Wildman–Crippen MR) is 149 cm³/mol. The van der Waals surface area contributed by atoms with Gasteiger partial charge in [-0.25, -0.2) is 14.2 Å². The van der Waals surface area contributed by atoms with Crippen molar-refractivity contribution in [2.75, 3.05) is 24.7 Å². The zero-order chi connectivity index (χ0) is 29.3. The number of hydrogen-bond donors (Lipinski definition) is 4. The van der Waals surface area contributed by atoms with Gasteiger partial charge in [0.25, 0.3) is 0 Å². The largest absolute Gasteiger partial charge is 0.507 e. The van der Waals surface area contributed by atoms with E-state index in [1.807, 2.05) is 24.3 Å². The highest BCUT2D eigenvalue weighted by Crippen LogP contribution is 2.47. The zero-order valence-corrected chi connectivity index (χ0v) is 23.0. The number of nitrogens with zero attached hydrogens (tertiary/aromatic N) is 2. The van der Waals surface area contributed by atoms with Crippen LogP contribution in [0.3, 0.4) is 0 Å². The Kier molecular flexibility index (Phi) is 10.4. The van der Waals surface area contributed by atoms with Gasteiger partial charge < -0.3 is 20.7 Å². The first-order valence-corrected chi connectivity index (χ1v) is 14.8. The van der Waals surface area contributed by atoms with E-state index in [-0.39, 0.29) is 40.9 Å². The van der Waals surface area contributed by atoms with Gasteiger partial charge in [-0.2, -0.15) is 5.26 Å². The molecule has 1 unspecified atom stereocenters. The van der Waals surface area contributed by atoms with Crippen molar-refractivity contribution in [3.05, 3.63) is 83.3 Å². The summed E-state index contributed by atoms with van der Waals surface area (Å²) >= 11 is 0. The van der Waals surface area contributed by atoms with Crippen molar-refractivity contribution < 1.29 is 28.2 Å². The van der Waals surface area contributed by atoms with E-state index in [1.165, 1.54) is 24.4 Å². The number of anilines is 1. The number of urea groups is 1. The number of nitrogens with one attached hydrogen (secondary N) is 2. The first-order chi connectivity index (χ1) is 19.1. The standard InChI is InChI=1S/C19H17FN4O3.C9H14NO2P/c1-2-15(25)11-4-5-13(20)17(18(11)26)12-7-14(12)23-19(27)24-16-6-3-10(8-21)9-22-16;1-13(11,8-7-10)12-9-5-3-2-4-6-9/h3-6,9,12,14,26H,2,7H2,1H3,(H2,22,23,24,27);2-6H,7-8,10H2,1H3/t12-,14+;/m1./s1. The van der Waals surface area contributed by atoms with Crippen molar-refractivity contribution in [2.24, 2.45) is 5.73 Å². The second kappa shape index (κ2) is 13.7. The van der Waals surface area contributed by atoms with E-state index < -0.39 is 25.1 Å². The molecule has 3 atom stereocenters. The number of carbonyl (C=O) groups excluding carboxylic acids is 2. The third-order valence-corrected chi connectivity index (χ3v) is 7.64. The number of rotatable bonds is 9. The molecule has 1 fully saturated rings. The lowest BCUT2D eigenvalue weighted by Gasteiger charge is -2.13. The van der Waals surface area contributed by atoms with Gasteiger partial charge >= 0.3 is 6.03 Å². The van der Waals surface area contributed by atoms with E-state index in [1.54, 1.807) is 25.7 Å². The summed E-state index contributed by atoms with van der Waals surface area (Å²) in [4.78, 5) is 27.8. The molecular weight excluding hydrogens is 536 g/mol. The number of ketones is 1. The number of pyridine rings is 1. The van der Waals surface area contributed by atoms with Crippen LogP contribution in [0.25, 0.3) is 0 Å². The Labute approximate surface area is 231 Å².